The molecule has 0 radical (unpaired) electrons. The van der Waals surface area contributed by atoms with Crippen molar-refractivity contribution in [3.63, 3.8) is 0 Å². The Morgan fingerprint density at radius 2 is 2.00 bits per heavy atom. The van der Waals surface area contributed by atoms with Crippen molar-refractivity contribution in [1.82, 2.24) is 5.32 Å². The maximum absolute atomic E-state index is 11.5. The second kappa shape index (κ2) is 6.28. The molecule has 0 unspecified atom stereocenters. The van der Waals surface area contributed by atoms with E-state index in [0.29, 0.717) is 31.0 Å². The van der Waals surface area contributed by atoms with E-state index in [9.17, 15) is 4.79 Å². The normalized spacial score (nSPS) is 11.1. The van der Waals surface area contributed by atoms with Gasteiger partial charge in [0.05, 0.1) is 12.2 Å². The lowest BCUT2D eigenvalue weighted by molar-refractivity contribution is -0.122. The minimum Gasteiger partial charge on any atom is -0.490 e. The SMILES string of the molecule is CC(C)(C)CC(=O)NCCOc1ccccc1N. The number of carbonyl (C=O) groups is 1. The van der Waals surface area contributed by atoms with Crippen molar-refractivity contribution in [3.05, 3.63) is 24.3 Å². The minimum absolute atomic E-state index is 0.00873. The summed E-state index contributed by atoms with van der Waals surface area (Å²) in [5.74, 6) is 0.703. The van der Waals surface area contributed by atoms with Crippen LogP contribution in [0.2, 0.25) is 0 Å². The standard InChI is InChI=1S/C14H22N2O2/c1-14(2,3)10-13(17)16-8-9-18-12-7-5-4-6-11(12)15/h4-7H,8-10,15H2,1-3H3,(H,16,17). The first-order valence-electron chi connectivity index (χ1n) is 6.12. The van der Waals surface area contributed by atoms with E-state index >= 15 is 0 Å². The fourth-order valence-electron chi connectivity index (χ4n) is 1.51. The number of nitrogens with two attached hydrogens (primary N) is 1. The molecule has 0 saturated carbocycles. The molecule has 3 N–H and O–H groups in total. The number of nitrogen functional groups attached to an aromatic ring is 1. The number of hydrogen-bond donors (Lipinski definition) is 2. The van der Waals surface area contributed by atoms with Gasteiger partial charge in [0.25, 0.3) is 0 Å². The van der Waals surface area contributed by atoms with Gasteiger partial charge in [0.15, 0.2) is 0 Å². The molecule has 1 aromatic carbocycles. The van der Waals surface area contributed by atoms with Crippen LogP contribution in [0.25, 0.3) is 0 Å². The van der Waals surface area contributed by atoms with Crippen LogP contribution in [0.3, 0.4) is 0 Å². The lowest BCUT2D eigenvalue weighted by Crippen LogP contribution is -2.31. The van der Waals surface area contributed by atoms with Gasteiger partial charge in [-0.3, -0.25) is 4.79 Å². The third-order valence-corrected chi connectivity index (χ3v) is 2.29. The number of anilines is 1. The molecule has 0 atom stereocenters. The molecule has 0 fully saturated rings. The monoisotopic (exact) mass is 250 g/mol. The predicted molar refractivity (Wildman–Crippen MR) is 73.4 cm³/mol. The van der Waals surface area contributed by atoms with E-state index < -0.39 is 0 Å². The number of carbonyl (C=O) groups excluding carboxylic acids is 1. The van der Waals surface area contributed by atoms with Crippen LogP contribution in [0.5, 0.6) is 5.75 Å². The Hall–Kier alpha value is -1.71. The summed E-state index contributed by atoms with van der Waals surface area (Å²) in [6, 6.07) is 7.32. The number of ether oxygens (including phenoxy) is 1. The second-order valence-electron chi connectivity index (χ2n) is 5.47. The molecular formula is C14H22N2O2. The topological polar surface area (TPSA) is 64.3 Å². The van der Waals surface area contributed by atoms with E-state index in [1.54, 1.807) is 6.07 Å². The third kappa shape index (κ3) is 5.57. The molecule has 4 heteroatoms. The summed E-state index contributed by atoms with van der Waals surface area (Å²) in [6.07, 6.45) is 0.514. The van der Waals surface area contributed by atoms with Crippen LogP contribution >= 0.6 is 0 Å². The van der Waals surface area contributed by atoms with Gasteiger partial charge in [0, 0.05) is 6.42 Å². The Morgan fingerprint density at radius 1 is 1.33 bits per heavy atom. The van der Waals surface area contributed by atoms with Gasteiger partial charge in [-0.2, -0.15) is 0 Å². The Labute approximate surface area is 109 Å². The highest BCUT2D eigenvalue weighted by atomic mass is 16.5. The van der Waals surface area contributed by atoms with Gasteiger partial charge >= 0.3 is 0 Å². The van der Waals surface area contributed by atoms with Gasteiger partial charge in [-0.15, -0.1) is 0 Å². The zero-order chi connectivity index (χ0) is 13.6. The highest BCUT2D eigenvalue weighted by molar-refractivity contribution is 5.76. The minimum atomic E-state index is 0.00873. The molecule has 1 amide bonds. The van der Waals surface area contributed by atoms with Gasteiger partial charge in [-0.1, -0.05) is 32.9 Å². The molecule has 0 saturated heterocycles. The van der Waals surface area contributed by atoms with Gasteiger partial charge in [0.2, 0.25) is 5.91 Å². The van der Waals surface area contributed by atoms with Crippen molar-refractivity contribution in [2.45, 2.75) is 27.2 Å². The van der Waals surface area contributed by atoms with Crippen LogP contribution in [-0.4, -0.2) is 19.1 Å². The number of rotatable bonds is 5. The van der Waals surface area contributed by atoms with E-state index in [0.717, 1.165) is 0 Å². The Morgan fingerprint density at radius 3 is 2.61 bits per heavy atom. The van der Waals surface area contributed by atoms with Crippen molar-refractivity contribution < 1.29 is 9.53 Å². The molecule has 0 aromatic heterocycles. The van der Waals surface area contributed by atoms with E-state index in [1.165, 1.54) is 0 Å². The van der Waals surface area contributed by atoms with Gasteiger partial charge in [-0.25, -0.2) is 0 Å². The number of para-hydroxylation sites is 2. The fourth-order valence-corrected chi connectivity index (χ4v) is 1.51. The van der Waals surface area contributed by atoms with E-state index in [-0.39, 0.29) is 11.3 Å². The number of hydrogen-bond acceptors (Lipinski definition) is 3. The first kappa shape index (κ1) is 14.4. The van der Waals surface area contributed by atoms with Gasteiger partial charge < -0.3 is 15.8 Å². The Bertz CT molecular complexity index is 397. The smallest absolute Gasteiger partial charge is 0.220 e. The summed E-state index contributed by atoms with van der Waals surface area (Å²) < 4.78 is 5.48. The van der Waals surface area contributed by atoms with Crippen LogP contribution in [-0.2, 0) is 4.79 Å². The number of nitrogens with one attached hydrogen (secondary N) is 1. The number of amides is 1. The summed E-state index contributed by atoms with van der Waals surface area (Å²) in [7, 11) is 0. The fraction of sp³-hybridized carbons (Fsp3) is 0.500. The van der Waals surface area contributed by atoms with E-state index in [1.807, 2.05) is 39.0 Å². The summed E-state index contributed by atoms with van der Waals surface area (Å²) in [5.41, 5.74) is 6.35. The third-order valence-electron chi connectivity index (χ3n) is 2.29. The van der Waals surface area contributed by atoms with Crippen LogP contribution < -0.4 is 15.8 Å². The van der Waals surface area contributed by atoms with E-state index in [4.69, 9.17) is 10.5 Å². The molecule has 4 nitrogen and oxygen atoms in total. The van der Waals surface area contributed by atoms with Crippen molar-refractivity contribution in [2.24, 2.45) is 5.41 Å². The number of benzene rings is 1. The molecule has 0 aliphatic carbocycles. The molecule has 0 aliphatic rings. The molecular weight excluding hydrogens is 228 g/mol. The Balaban J connectivity index is 2.23. The average Bonchev–Trinajstić information content (AvgIpc) is 2.24. The molecule has 0 aliphatic heterocycles. The molecule has 1 aromatic rings. The van der Waals surface area contributed by atoms with Crippen LogP contribution in [0.15, 0.2) is 24.3 Å². The highest BCUT2D eigenvalue weighted by Gasteiger charge is 2.15. The van der Waals surface area contributed by atoms with Crippen molar-refractivity contribution >= 4 is 11.6 Å². The zero-order valence-electron chi connectivity index (χ0n) is 11.3. The molecule has 100 valence electrons. The van der Waals surface area contributed by atoms with Gasteiger partial charge in [-0.05, 0) is 17.5 Å². The largest absolute Gasteiger partial charge is 0.490 e. The first-order valence-corrected chi connectivity index (χ1v) is 6.12. The molecule has 0 heterocycles. The van der Waals surface area contributed by atoms with Crippen LogP contribution in [0.4, 0.5) is 5.69 Å². The average molecular weight is 250 g/mol. The molecule has 18 heavy (non-hydrogen) atoms. The highest BCUT2D eigenvalue weighted by Crippen LogP contribution is 2.19. The Kier molecular flexibility index (Phi) is 5.01. The second-order valence-corrected chi connectivity index (χ2v) is 5.47. The summed E-state index contributed by atoms with van der Waals surface area (Å²) in [6.45, 7) is 7.02. The summed E-state index contributed by atoms with van der Waals surface area (Å²) >= 11 is 0. The molecule has 0 spiro atoms. The van der Waals surface area contributed by atoms with Crippen LogP contribution in [0, 0.1) is 5.41 Å². The van der Waals surface area contributed by atoms with Crippen molar-refractivity contribution in [3.8, 4) is 5.75 Å². The molecule has 1 rings (SSSR count). The van der Waals surface area contributed by atoms with Crippen molar-refractivity contribution in [2.75, 3.05) is 18.9 Å². The lowest BCUT2D eigenvalue weighted by Gasteiger charge is -2.17. The molecule has 0 bridgehead atoms. The maximum atomic E-state index is 11.5. The maximum Gasteiger partial charge on any atom is 0.220 e. The van der Waals surface area contributed by atoms with E-state index in [2.05, 4.69) is 5.32 Å². The van der Waals surface area contributed by atoms with Crippen LogP contribution in [0.1, 0.15) is 27.2 Å². The van der Waals surface area contributed by atoms with Crippen molar-refractivity contribution in [1.29, 1.82) is 0 Å². The summed E-state index contributed by atoms with van der Waals surface area (Å²) in [5, 5.41) is 2.82. The quantitative estimate of drug-likeness (QED) is 0.622. The first-order chi connectivity index (χ1) is 8.38. The van der Waals surface area contributed by atoms with Gasteiger partial charge in [0.1, 0.15) is 12.4 Å². The lowest BCUT2D eigenvalue weighted by atomic mass is 9.92. The predicted octanol–water partition coefficient (Wildman–Crippen LogP) is 2.20. The zero-order valence-corrected chi connectivity index (χ0v) is 11.3. The summed E-state index contributed by atoms with van der Waals surface area (Å²) in [4.78, 5) is 11.5.